The number of hydrogen-bond donors (Lipinski definition) is 2. The maximum absolute atomic E-state index is 13.7. The van der Waals surface area contributed by atoms with Crippen LogP contribution in [0.2, 0.25) is 0 Å². The van der Waals surface area contributed by atoms with Crippen molar-refractivity contribution in [3.05, 3.63) is 52.6 Å². The topological polar surface area (TPSA) is 54.3 Å². The molecule has 0 aliphatic carbocycles. The number of carbonyl (C=O) groups is 1. The molecule has 106 valence electrons. The number of nitrogens with one attached hydrogen (secondary N) is 1. The summed E-state index contributed by atoms with van der Waals surface area (Å²) in [6, 6.07) is 5.75. The largest absolute Gasteiger partial charge is 0.478 e. The molecule has 0 bridgehead atoms. The molecule has 0 radical (unpaired) electrons. The summed E-state index contributed by atoms with van der Waals surface area (Å²) in [4.78, 5) is 10.9. The lowest BCUT2D eigenvalue weighted by molar-refractivity contribution is 0.0697. The summed E-state index contributed by atoms with van der Waals surface area (Å²) in [5.74, 6) is -1.53. The smallest absolute Gasteiger partial charge is 0.335 e. The molecule has 0 aliphatic heterocycles. The standard InChI is InChI=1S/C15H17FN2O2/c1-9-6-12(10(2)18(9)3)8-17-14-7-11(15(19)20)4-5-13(14)16/h4-7,17H,8H2,1-3H3,(H,19,20). The maximum atomic E-state index is 13.7. The molecular formula is C15H17FN2O2. The molecule has 4 nitrogen and oxygen atoms in total. The first-order valence-electron chi connectivity index (χ1n) is 6.28. The highest BCUT2D eigenvalue weighted by molar-refractivity contribution is 5.88. The number of halogens is 1. The monoisotopic (exact) mass is 276 g/mol. The Morgan fingerprint density at radius 1 is 1.35 bits per heavy atom. The average Bonchev–Trinajstić information content (AvgIpc) is 2.65. The van der Waals surface area contributed by atoms with E-state index in [4.69, 9.17) is 5.11 Å². The number of carboxylic acid groups (broad SMARTS) is 1. The molecule has 0 saturated carbocycles. The van der Waals surface area contributed by atoms with Gasteiger partial charge in [0.15, 0.2) is 0 Å². The van der Waals surface area contributed by atoms with Crippen LogP contribution >= 0.6 is 0 Å². The molecular weight excluding hydrogens is 259 g/mol. The van der Waals surface area contributed by atoms with E-state index in [1.54, 1.807) is 0 Å². The van der Waals surface area contributed by atoms with Crippen LogP contribution in [0.5, 0.6) is 0 Å². The summed E-state index contributed by atoms with van der Waals surface area (Å²) in [7, 11) is 1.97. The molecule has 0 unspecified atom stereocenters. The van der Waals surface area contributed by atoms with Gasteiger partial charge in [0.2, 0.25) is 0 Å². The maximum Gasteiger partial charge on any atom is 0.335 e. The number of nitrogens with zero attached hydrogens (tertiary/aromatic N) is 1. The van der Waals surface area contributed by atoms with Gasteiger partial charge in [0.1, 0.15) is 5.82 Å². The Bertz CT molecular complexity index is 662. The first-order chi connectivity index (χ1) is 9.40. The van der Waals surface area contributed by atoms with E-state index >= 15 is 0 Å². The SMILES string of the molecule is Cc1cc(CNc2cc(C(=O)O)ccc2F)c(C)n1C. The van der Waals surface area contributed by atoms with Gasteiger partial charge in [0, 0.05) is 25.0 Å². The van der Waals surface area contributed by atoms with Crippen LogP contribution in [-0.2, 0) is 13.6 Å². The zero-order valence-corrected chi connectivity index (χ0v) is 11.7. The molecule has 0 spiro atoms. The molecule has 0 atom stereocenters. The Morgan fingerprint density at radius 2 is 2.05 bits per heavy atom. The lowest BCUT2D eigenvalue weighted by Gasteiger charge is -2.09. The summed E-state index contributed by atoms with van der Waals surface area (Å²) < 4.78 is 15.7. The van der Waals surface area contributed by atoms with Crippen LogP contribution in [0.25, 0.3) is 0 Å². The molecule has 0 fully saturated rings. The number of aromatic nitrogens is 1. The Balaban J connectivity index is 2.20. The Labute approximate surface area is 116 Å². The second-order valence-corrected chi connectivity index (χ2v) is 4.81. The van der Waals surface area contributed by atoms with Crippen LogP contribution in [0.4, 0.5) is 10.1 Å². The van der Waals surface area contributed by atoms with E-state index in [2.05, 4.69) is 9.88 Å². The molecule has 2 rings (SSSR count). The van der Waals surface area contributed by atoms with Crippen molar-refractivity contribution in [1.82, 2.24) is 4.57 Å². The highest BCUT2D eigenvalue weighted by Gasteiger charge is 2.10. The second-order valence-electron chi connectivity index (χ2n) is 4.81. The van der Waals surface area contributed by atoms with Gasteiger partial charge in [-0.05, 0) is 43.7 Å². The van der Waals surface area contributed by atoms with Crippen molar-refractivity contribution in [2.45, 2.75) is 20.4 Å². The highest BCUT2D eigenvalue weighted by Crippen LogP contribution is 2.19. The van der Waals surface area contributed by atoms with Crippen molar-refractivity contribution in [3.8, 4) is 0 Å². The van der Waals surface area contributed by atoms with Crippen LogP contribution in [-0.4, -0.2) is 15.6 Å². The summed E-state index contributed by atoms with van der Waals surface area (Å²) in [5, 5.41) is 11.9. The number of carboxylic acids is 1. The fourth-order valence-electron chi connectivity index (χ4n) is 2.10. The quantitative estimate of drug-likeness (QED) is 0.902. The second kappa shape index (κ2) is 5.36. The molecule has 20 heavy (non-hydrogen) atoms. The van der Waals surface area contributed by atoms with Crippen molar-refractivity contribution >= 4 is 11.7 Å². The number of aryl methyl sites for hydroxylation is 1. The first kappa shape index (κ1) is 14.1. The molecule has 2 aromatic rings. The van der Waals surface area contributed by atoms with Gasteiger partial charge in [0.05, 0.1) is 11.3 Å². The van der Waals surface area contributed by atoms with E-state index in [1.165, 1.54) is 12.1 Å². The van der Waals surface area contributed by atoms with E-state index in [0.29, 0.717) is 6.54 Å². The predicted molar refractivity (Wildman–Crippen MR) is 75.6 cm³/mol. The van der Waals surface area contributed by atoms with Gasteiger partial charge in [-0.2, -0.15) is 0 Å². The van der Waals surface area contributed by atoms with Crippen molar-refractivity contribution < 1.29 is 14.3 Å². The van der Waals surface area contributed by atoms with Gasteiger partial charge < -0.3 is 15.0 Å². The number of aromatic carboxylic acids is 1. The van der Waals surface area contributed by atoms with Gasteiger partial charge in [-0.25, -0.2) is 9.18 Å². The molecule has 1 aromatic heterocycles. The molecule has 0 saturated heterocycles. The molecule has 0 aliphatic rings. The molecule has 1 heterocycles. The van der Waals surface area contributed by atoms with Crippen LogP contribution < -0.4 is 5.32 Å². The third kappa shape index (κ3) is 2.66. The van der Waals surface area contributed by atoms with Crippen LogP contribution in [0.15, 0.2) is 24.3 Å². The minimum Gasteiger partial charge on any atom is -0.478 e. The van der Waals surface area contributed by atoms with Crippen LogP contribution in [0.3, 0.4) is 0 Å². The third-order valence-corrected chi connectivity index (χ3v) is 3.56. The third-order valence-electron chi connectivity index (χ3n) is 3.56. The zero-order valence-electron chi connectivity index (χ0n) is 11.7. The van der Waals surface area contributed by atoms with E-state index in [1.807, 2.05) is 27.0 Å². The van der Waals surface area contributed by atoms with E-state index in [0.717, 1.165) is 23.0 Å². The lowest BCUT2D eigenvalue weighted by atomic mass is 10.2. The van der Waals surface area contributed by atoms with Crippen molar-refractivity contribution in [1.29, 1.82) is 0 Å². The normalized spacial score (nSPS) is 10.6. The first-order valence-corrected chi connectivity index (χ1v) is 6.28. The van der Waals surface area contributed by atoms with E-state index < -0.39 is 11.8 Å². The average molecular weight is 276 g/mol. The summed E-state index contributed by atoms with van der Waals surface area (Å²) >= 11 is 0. The summed E-state index contributed by atoms with van der Waals surface area (Å²) in [6.45, 7) is 4.45. The van der Waals surface area contributed by atoms with Gasteiger partial charge in [-0.1, -0.05) is 0 Å². The van der Waals surface area contributed by atoms with Crippen molar-refractivity contribution in [2.24, 2.45) is 7.05 Å². The van der Waals surface area contributed by atoms with Crippen molar-refractivity contribution in [3.63, 3.8) is 0 Å². The number of anilines is 1. The zero-order chi connectivity index (χ0) is 14.9. The Hall–Kier alpha value is -2.30. The fraction of sp³-hybridized carbons (Fsp3) is 0.267. The highest BCUT2D eigenvalue weighted by atomic mass is 19.1. The molecule has 0 amide bonds. The minimum absolute atomic E-state index is 0.0647. The van der Waals surface area contributed by atoms with Crippen LogP contribution in [0.1, 0.15) is 27.3 Å². The van der Waals surface area contributed by atoms with Gasteiger partial charge in [-0.15, -0.1) is 0 Å². The van der Waals surface area contributed by atoms with Gasteiger partial charge in [0.25, 0.3) is 0 Å². The summed E-state index contributed by atoms with van der Waals surface area (Å²) in [6.07, 6.45) is 0. The van der Waals surface area contributed by atoms with Gasteiger partial charge >= 0.3 is 5.97 Å². The Morgan fingerprint density at radius 3 is 2.60 bits per heavy atom. The van der Waals surface area contributed by atoms with Crippen LogP contribution in [0, 0.1) is 19.7 Å². The summed E-state index contributed by atoms with van der Waals surface area (Å²) in [5.41, 5.74) is 3.55. The molecule has 2 N–H and O–H groups in total. The molecule has 1 aromatic carbocycles. The van der Waals surface area contributed by atoms with Gasteiger partial charge in [-0.3, -0.25) is 0 Å². The fourth-order valence-corrected chi connectivity index (χ4v) is 2.10. The number of benzene rings is 1. The minimum atomic E-state index is -1.07. The number of rotatable bonds is 4. The van der Waals surface area contributed by atoms with E-state index in [-0.39, 0.29) is 11.3 Å². The molecule has 5 heteroatoms. The van der Waals surface area contributed by atoms with E-state index in [9.17, 15) is 9.18 Å². The van der Waals surface area contributed by atoms with Crippen molar-refractivity contribution in [2.75, 3.05) is 5.32 Å². The lowest BCUT2D eigenvalue weighted by Crippen LogP contribution is -2.05. The predicted octanol–water partition coefficient (Wildman–Crippen LogP) is 3.09. The Kier molecular flexibility index (Phi) is 3.79. The number of hydrogen-bond acceptors (Lipinski definition) is 2.